The molecular weight excluding hydrogens is 445 g/mol. The molecule has 8 heteroatoms. The lowest BCUT2D eigenvalue weighted by molar-refractivity contribution is 0.269. The molecule has 30 heavy (non-hydrogen) atoms. The summed E-state index contributed by atoms with van der Waals surface area (Å²) in [4.78, 5) is 4.05. The van der Waals surface area contributed by atoms with E-state index in [-0.39, 0.29) is 12.4 Å². The topological polar surface area (TPSA) is 48.3 Å². The van der Waals surface area contributed by atoms with Gasteiger partial charge in [-0.3, -0.25) is 0 Å². The molecule has 0 aliphatic rings. The summed E-state index contributed by atoms with van der Waals surface area (Å²) in [6.07, 6.45) is 6.61. The van der Waals surface area contributed by atoms with Gasteiger partial charge in [-0.1, -0.05) is 35.3 Å². The Bertz CT molecular complexity index is 887. The molecule has 3 aromatic rings. The number of benzene rings is 2. The number of ether oxygens (including phenoxy) is 2. The number of aromatic nitrogens is 2. The van der Waals surface area contributed by atoms with Gasteiger partial charge in [0.05, 0.1) is 18.0 Å². The van der Waals surface area contributed by atoms with Crippen molar-refractivity contribution < 1.29 is 9.47 Å². The van der Waals surface area contributed by atoms with E-state index in [0.717, 1.165) is 30.6 Å². The van der Waals surface area contributed by atoms with Crippen molar-refractivity contribution in [2.75, 3.05) is 13.2 Å². The summed E-state index contributed by atoms with van der Waals surface area (Å²) >= 11 is 12.4. The van der Waals surface area contributed by atoms with Gasteiger partial charge in [0, 0.05) is 30.5 Å². The highest BCUT2D eigenvalue weighted by molar-refractivity contribution is 6.32. The van der Waals surface area contributed by atoms with Crippen molar-refractivity contribution in [3.8, 4) is 11.5 Å². The summed E-state index contributed by atoms with van der Waals surface area (Å²) in [6.45, 7) is 5.42. The maximum atomic E-state index is 6.51. The fraction of sp³-hybridized carbons (Fsp3) is 0.318. The average molecular weight is 471 g/mol. The van der Waals surface area contributed by atoms with Crippen LogP contribution >= 0.6 is 35.6 Å². The first-order valence-corrected chi connectivity index (χ1v) is 10.4. The number of imidazole rings is 1. The zero-order chi connectivity index (χ0) is 20.5. The zero-order valence-corrected chi connectivity index (χ0v) is 19.1. The Morgan fingerprint density at radius 3 is 2.57 bits per heavy atom. The summed E-state index contributed by atoms with van der Waals surface area (Å²) in [7, 11) is 0. The fourth-order valence-corrected chi connectivity index (χ4v) is 3.31. The lowest BCUT2D eigenvalue weighted by Crippen LogP contribution is -2.16. The van der Waals surface area contributed by atoms with Crippen molar-refractivity contribution in [1.29, 1.82) is 0 Å². The molecule has 0 spiro atoms. The zero-order valence-electron chi connectivity index (χ0n) is 16.8. The second-order valence-corrected chi connectivity index (χ2v) is 7.43. The Morgan fingerprint density at radius 1 is 1.07 bits per heavy atom. The molecule has 1 N–H and O–H groups in total. The third kappa shape index (κ3) is 7.40. The first-order valence-electron chi connectivity index (χ1n) is 9.64. The van der Waals surface area contributed by atoms with E-state index in [1.807, 2.05) is 55.8 Å². The monoisotopic (exact) mass is 469 g/mol. The van der Waals surface area contributed by atoms with Crippen molar-refractivity contribution in [3.63, 3.8) is 0 Å². The third-order valence-corrected chi connectivity index (χ3v) is 4.86. The van der Waals surface area contributed by atoms with Crippen LogP contribution in [0.25, 0.3) is 0 Å². The van der Waals surface area contributed by atoms with Crippen LogP contribution in [0.2, 0.25) is 10.0 Å². The first kappa shape index (κ1) is 24.4. The number of halogens is 3. The molecule has 0 bridgehead atoms. The Labute approximate surface area is 193 Å². The van der Waals surface area contributed by atoms with Crippen LogP contribution in [-0.4, -0.2) is 22.7 Å². The fourth-order valence-electron chi connectivity index (χ4n) is 2.90. The standard InChI is InChI=1S/C22H25Cl2N3O2.ClH/c1-2-28-21-13-18(14-25-8-3-10-27-11-9-26-16-27)12-20(24)22(21)29-15-17-4-6-19(23)7-5-17;/h4-7,9,11-13,16,25H,2-3,8,10,14-15H2,1H3;1H. The van der Waals surface area contributed by atoms with Gasteiger partial charge in [-0.15, -0.1) is 12.4 Å². The lowest BCUT2D eigenvalue weighted by Gasteiger charge is -2.16. The largest absolute Gasteiger partial charge is 0.490 e. The molecule has 162 valence electrons. The van der Waals surface area contributed by atoms with Crippen molar-refractivity contribution >= 4 is 35.6 Å². The summed E-state index contributed by atoms with van der Waals surface area (Å²) in [5, 5.41) is 4.68. The van der Waals surface area contributed by atoms with Gasteiger partial charge in [0.1, 0.15) is 6.61 Å². The van der Waals surface area contributed by atoms with Crippen LogP contribution in [0.15, 0.2) is 55.1 Å². The van der Waals surface area contributed by atoms with Crippen LogP contribution < -0.4 is 14.8 Å². The highest BCUT2D eigenvalue weighted by atomic mass is 35.5. The summed E-state index contributed by atoms with van der Waals surface area (Å²) in [6, 6.07) is 11.4. The second kappa shape index (κ2) is 12.7. The maximum absolute atomic E-state index is 6.51. The molecule has 0 saturated heterocycles. The molecule has 0 aliphatic carbocycles. The molecule has 3 rings (SSSR count). The van der Waals surface area contributed by atoms with Gasteiger partial charge in [0.15, 0.2) is 11.5 Å². The van der Waals surface area contributed by atoms with Gasteiger partial charge in [-0.2, -0.15) is 0 Å². The number of hydrogen-bond donors (Lipinski definition) is 1. The van der Waals surface area contributed by atoms with E-state index < -0.39 is 0 Å². The normalized spacial score (nSPS) is 10.5. The van der Waals surface area contributed by atoms with E-state index in [0.29, 0.717) is 41.3 Å². The van der Waals surface area contributed by atoms with Crippen LogP contribution in [0.1, 0.15) is 24.5 Å². The third-order valence-electron chi connectivity index (χ3n) is 4.32. The Morgan fingerprint density at radius 2 is 1.87 bits per heavy atom. The quantitative estimate of drug-likeness (QED) is 0.361. The average Bonchev–Trinajstić information content (AvgIpc) is 3.22. The molecule has 0 radical (unpaired) electrons. The van der Waals surface area contributed by atoms with Crippen LogP contribution in [-0.2, 0) is 19.7 Å². The molecule has 0 aliphatic heterocycles. The molecule has 1 aromatic heterocycles. The van der Waals surface area contributed by atoms with E-state index in [4.69, 9.17) is 32.7 Å². The smallest absolute Gasteiger partial charge is 0.180 e. The van der Waals surface area contributed by atoms with Crippen molar-refractivity contribution in [3.05, 3.63) is 76.3 Å². The highest BCUT2D eigenvalue weighted by Crippen LogP contribution is 2.37. The van der Waals surface area contributed by atoms with Crippen LogP contribution in [0.3, 0.4) is 0 Å². The van der Waals surface area contributed by atoms with Gasteiger partial charge in [-0.05, 0) is 55.3 Å². The number of hydrogen-bond acceptors (Lipinski definition) is 4. The lowest BCUT2D eigenvalue weighted by atomic mass is 10.2. The maximum Gasteiger partial charge on any atom is 0.180 e. The van der Waals surface area contributed by atoms with Crippen LogP contribution in [0, 0.1) is 0 Å². The van der Waals surface area contributed by atoms with E-state index in [1.165, 1.54) is 0 Å². The second-order valence-electron chi connectivity index (χ2n) is 6.58. The summed E-state index contributed by atoms with van der Waals surface area (Å²) in [5.41, 5.74) is 2.07. The molecule has 2 aromatic carbocycles. The molecule has 0 amide bonds. The van der Waals surface area contributed by atoms with Gasteiger partial charge in [0.2, 0.25) is 0 Å². The molecular formula is C22H26Cl3N3O2. The molecule has 0 atom stereocenters. The van der Waals surface area contributed by atoms with Gasteiger partial charge in [0.25, 0.3) is 0 Å². The highest BCUT2D eigenvalue weighted by Gasteiger charge is 2.13. The van der Waals surface area contributed by atoms with E-state index in [9.17, 15) is 0 Å². The van der Waals surface area contributed by atoms with Gasteiger partial charge >= 0.3 is 0 Å². The molecule has 5 nitrogen and oxygen atoms in total. The van der Waals surface area contributed by atoms with Gasteiger partial charge < -0.3 is 19.4 Å². The number of nitrogens with zero attached hydrogens (tertiary/aromatic N) is 2. The summed E-state index contributed by atoms with van der Waals surface area (Å²) < 4.78 is 13.8. The van der Waals surface area contributed by atoms with Crippen molar-refractivity contribution in [1.82, 2.24) is 14.9 Å². The number of nitrogens with one attached hydrogen (secondary N) is 1. The number of aryl methyl sites for hydroxylation is 1. The molecule has 1 heterocycles. The first-order chi connectivity index (χ1) is 14.2. The van der Waals surface area contributed by atoms with E-state index >= 15 is 0 Å². The van der Waals surface area contributed by atoms with Crippen molar-refractivity contribution in [2.45, 2.75) is 33.0 Å². The van der Waals surface area contributed by atoms with Crippen LogP contribution in [0.4, 0.5) is 0 Å². The van der Waals surface area contributed by atoms with Crippen LogP contribution in [0.5, 0.6) is 11.5 Å². The Balaban J connectivity index is 0.00000320. The minimum absolute atomic E-state index is 0. The number of rotatable bonds is 11. The van der Waals surface area contributed by atoms with E-state index in [2.05, 4.69) is 14.9 Å². The minimum Gasteiger partial charge on any atom is -0.490 e. The molecule has 0 fully saturated rings. The molecule has 0 saturated carbocycles. The van der Waals surface area contributed by atoms with Gasteiger partial charge in [-0.25, -0.2) is 4.98 Å². The Kier molecular flexibility index (Phi) is 10.3. The predicted molar refractivity (Wildman–Crippen MR) is 124 cm³/mol. The predicted octanol–water partition coefficient (Wildman–Crippen LogP) is 5.77. The molecule has 0 unspecified atom stereocenters. The summed E-state index contributed by atoms with van der Waals surface area (Å²) in [5.74, 6) is 1.22. The van der Waals surface area contributed by atoms with Crippen molar-refractivity contribution in [2.24, 2.45) is 0 Å². The van der Waals surface area contributed by atoms with E-state index in [1.54, 1.807) is 6.20 Å². The Hall–Kier alpha value is -1.92. The SMILES string of the molecule is CCOc1cc(CNCCCn2ccnc2)cc(Cl)c1OCc1ccc(Cl)cc1.Cl. The minimum atomic E-state index is 0.